The fraction of sp³-hybridized carbons (Fsp3) is 0.571. The van der Waals surface area contributed by atoms with Crippen molar-refractivity contribution in [2.24, 2.45) is 0 Å². The van der Waals surface area contributed by atoms with E-state index >= 15 is 0 Å². The summed E-state index contributed by atoms with van der Waals surface area (Å²) in [5.41, 5.74) is -1.22. The SMILES string of the molecule is O=CN1CCC(F)(CNCCOc2ccccn2)CC1. The highest BCUT2D eigenvalue weighted by Crippen LogP contribution is 2.25. The Morgan fingerprint density at radius 1 is 1.45 bits per heavy atom. The van der Waals surface area contributed by atoms with Gasteiger partial charge in [0, 0.05) is 51.3 Å². The third-order valence-corrected chi connectivity index (χ3v) is 3.45. The molecule has 0 atom stereocenters. The third-order valence-electron chi connectivity index (χ3n) is 3.45. The molecule has 2 heterocycles. The molecule has 0 aromatic carbocycles. The molecule has 0 saturated carbocycles. The number of alkyl halides is 1. The Balaban J connectivity index is 1.60. The second kappa shape index (κ2) is 7.19. The average Bonchev–Trinajstić information content (AvgIpc) is 2.49. The van der Waals surface area contributed by atoms with E-state index in [0.717, 1.165) is 6.41 Å². The van der Waals surface area contributed by atoms with Crippen LogP contribution in [0.1, 0.15) is 12.8 Å². The molecule has 0 spiro atoms. The molecule has 6 heteroatoms. The fourth-order valence-electron chi connectivity index (χ4n) is 2.18. The number of rotatable bonds is 7. The minimum Gasteiger partial charge on any atom is -0.476 e. The average molecular weight is 281 g/mol. The van der Waals surface area contributed by atoms with Crippen LogP contribution in [0.3, 0.4) is 0 Å². The number of nitrogens with one attached hydrogen (secondary N) is 1. The molecule has 1 saturated heterocycles. The van der Waals surface area contributed by atoms with Gasteiger partial charge in [-0.25, -0.2) is 9.37 Å². The molecular formula is C14H20FN3O2. The number of amides is 1. The van der Waals surface area contributed by atoms with Gasteiger partial charge in [0.25, 0.3) is 0 Å². The topological polar surface area (TPSA) is 54.5 Å². The lowest BCUT2D eigenvalue weighted by Gasteiger charge is -2.34. The number of ether oxygens (including phenoxy) is 1. The Morgan fingerprint density at radius 2 is 2.25 bits per heavy atom. The van der Waals surface area contributed by atoms with Crippen molar-refractivity contribution in [3.05, 3.63) is 24.4 Å². The number of carbonyl (C=O) groups is 1. The monoisotopic (exact) mass is 281 g/mol. The zero-order chi connectivity index (χ0) is 14.3. The molecule has 1 aromatic heterocycles. The Labute approximate surface area is 118 Å². The van der Waals surface area contributed by atoms with Gasteiger partial charge in [-0.1, -0.05) is 6.07 Å². The van der Waals surface area contributed by atoms with Crippen LogP contribution in [0.4, 0.5) is 4.39 Å². The summed E-state index contributed by atoms with van der Waals surface area (Å²) in [6, 6.07) is 5.46. The predicted octanol–water partition coefficient (Wildman–Crippen LogP) is 1.01. The first-order valence-corrected chi connectivity index (χ1v) is 6.85. The molecule has 1 aliphatic rings. The number of carbonyl (C=O) groups excluding carboxylic acids is 1. The van der Waals surface area contributed by atoms with Crippen molar-refractivity contribution in [1.29, 1.82) is 0 Å². The van der Waals surface area contributed by atoms with Crippen LogP contribution in [-0.2, 0) is 4.79 Å². The van der Waals surface area contributed by atoms with Crippen LogP contribution in [0.5, 0.6) is 5.88 Å². The highest BCUT2D eigenvalue weighted by molar-refractivity contribution is 5.47. The molecule has 110 valence electrons. The number of hydrogen-bond acceptors (Lipinski definition) is 4. The lowest BCUT2D eigenvalue weighted by Crippen LogP contribution is -2.47. The smallest absolute Gasteiger partial charge is 0.213 e. The van der Waals surface area contributed by atoms with Crippen LogP contribution in [0.15, 0.2) is 24.4 Å². The summed E-state index contributed by atoms with van der Waals surface area (Å²) in [7, 11) is 0. The molecular weight excluding hydrogens is 261 g/mol. The molecule has 1 amide bonds. The van der Waals surface area contributed by atoms with Crippen molar-refractivity contribution < 1.29 is 13.9 Å². The number of hydrogen-bond donors (Lipinski definition) is 1. The van der Waals surface area contributed by atoms with Crippen LogP contribution in [0.25, 0.3) is 0 Å². The first-order valence-electron chi connectivity index (χ1n) is 6.85. The van der Waals surface area contributed by atoms with Crippen molar-refractivity contribution in [3.63, 3.8) is 0 Å². The summed E-state index contributed by atoms with van der Waals surface area (Å²) >= 11 is 0. The highest BCUT2D eigenvalue weighted by Gasteiger charge is 2.33. The van der Waals surface area contributed by atoms with Crippen LogP contribution in [0, 0.1) is 0 Å². The maximum Gasteiger partial charge on any atom is 0.213 e. The van der Waals surface area contributed by atoms with Crippen molar-refractivity contribution in [2.45, 2.75) is 18.5 Å². The van der Waals surface area contributed by atoms with E-state index in [4.69, 9.17) is 4.74 Å². The Kier molecular flexibility index (Phi) is 5.29. The van der Waals surface area contributed by atoms with Crippen molar-refractivity contribution in [3.8, 4) is 5.88 Å². The predicted molar refractivity (Wildman–Crippen MR) is 73.3 cm³/mol. The van der Waals surface area contributed by atoms with Crippen LogP contribution >= 0.6 is 0 Å². The lowest BCUT2D eigenvalue weighted by atomic mass is 9.93. The van der Waals surface area contributed by atoms with Gasteiger partial charge in [-0.05, 0) is 6.07 Å². The van der Waals surface area contributed by atoms with E-state index in [1.54, 1.807) is 17.2 Å². The first-order chi connectivity index (χ1) is 9.72. The molecule has 1 fully saturated rings. The summed E-state index contributed by atoms with van der Waals surface area (Å²) in [4.78, 5) is 16.2. The molecule has 5 nitrogen and oxygen atoms in total. The summed E-state index contributed by atoms with van der Waals surface area (Å²) in [5, 5.41) is 3.06. The Morgan fingerprint density at radius 3 is 2.90 bits per heavy atom. The van der Waals surface area contributed by atoms with E-state index in [1.165, 1.54) is 0 Å². The van der Waals surface area contributed by atoms with Crippen LogP contribution in [-0.4, -0.2) is 54.7 Å². The largest absolute Gasteiger partial charge is 0.476 e. The van der Waals surface area contributed by atoms with Crippen molar-refractivity contribution >= 4 is 6.41 Å². The van der Waals surface area contributed by atoms with Crippen molar-refractivity contribution in [2.75, 3.05) is 32.8 Å². The summed E-state index contributed by atoms with van der Waals surface area (Å²) in [6.07, 6.45) is 3.23. The van der Waals surface area contributed by atoms with Gasteiger partial charge in [0.15, 0.2) is 0 Å². The van der Waals surface area contributed by atoms with E-state index in [-0.39, 0.29) is 0 Å². The van der Waals surface area contributed by atoms with E-state index in [2.05, 4.69) is 10.3 Å². The molecule has 2 rings (SSSR count). The molecule has 0 radical (unpaired) electrons. The second-order valence-electron chi connectivity index (χ2n) is 4.99. The number of pyridine rings is 1. The summed E-state index contributed by atoms with van der Waals surface area (Å²) < 4.78 is 19.8. The van der Waals surface area contributed by atoms with Gasteiger partial charge >= 0.3 is 0 Å². The van der Waals surface area contributed by atoms with E-state index < -0.39 is 5.67 Å². The minimum absolute atomic E-state index is 0.297. The summed E-state index contributed by atoms with van der Waals surface area (Å²) in [6.45, 7) is 2.30. The Hall–Kier alpha value is -1.69. The second-order valence-corrected chi connectivity index (χ2v) is 4.99. The molecule has 20 heavy (non-hydrogen) atoms. The minimum atomic E-state index is -1.22. The highest BCUT2D eigenvalue weighted by atomic mass is 19.1. The number of nitrogens with zero attached hydrogens (tertiary/aromatic N) is 2. The van der Waals surface area contributed by atoms with Gasteiger partial charge in [-0.2, -0.15) is 0 Å². The van der Waals surface area contributed by atoms with E-state index in [0.29, 0.717) is 51.5 Å². The molecule has 1 aliphatic heterocycles. The summed E-state index contributed by atoms with van der Waals surface area (Å²) in [5.74, 6) is 0.573. The third kappa shape index (κ3) is 4.45. The van der Waals surface area contributed by atoms with E-state index in [9.17, 15) is 9.18 Å². The maximum atomic E-state index is 14.4. The normalized spacial score (nSPS) is 17.8. The Bertz CT molecular complexity index is 408. The molecule has 1 aromatic rings. The van der Waals surface area contributed by atoms with Crippen LogP contribution < -0.4 is 10.1 Å². The number of aromatic nitrogens is 1. The fourth-order valence-corrected chi connectivity index (χ4v) is 2.18. The number of halogens is 1. The quantitative estimate of drug-likeness (QED) is 0.598. The lowest BCUT2D eigenvalue weighted by molar-refractivity contribution is -0.120. The van der Waals surface area contributed by atoms with Gasteiger partial charge in [-0.3, -0.25) is 4.79 Å². The molecule has 0 aliphatic carbocycles. The zero-order valence-electron chi connectivity index (χ0n) is 11.4. The van der Waals surface area contributed by atoms with Crippen LogP contribution in [0.2, 0.25) is 0 Å². The van der Waals surface area contributed by atoms with Gasteiger partial charge < -0.3 is 15.0 Å². The standard InChI is InChI=1S/C14H20FN3O2/c15-14(4-8-18(12-19)9-5-14)11-16-7-10-20-13-3-1-2-6-17-13/h1-3,6,12,16H,4-5,7-11H2. The first kappa shape index (κ1) is 14.7. The zero-order valence-corrected chi connectivity index (χ0v) is 11.4. The van der Waals surface area contributed by atoms with Gasteiger partial charge in [0.2, 0.25) is 12.3 Å². The molecule has 0 bridgehead atoms. The van der Waals surface area contributed by atoms with Crippen molar-refractivity contribution in [1.82, 2.24) is 15.2 Å². The van der Waals surface area contributed by atoms with Gasteiger partial charge in [0.1, 0.15) is 12.3 Å². The molecule has 0 unspecified atom stereocenters. The van der Waals surface area contributed by atoms with E-state index in [1.807, 2.05) is 12.1 Å². The van der Waals surface area contributed by atoms with Gasteiger partial charge in [-0.15, -0.1) is 0 Å². The maximum absolute atomic E-state index is 14.4. The number of likely N-dealkylation sites (tertiary alicyclic amines) is 1. The van der Waals surface area contributed by atoms with Gasteiger partial charge in [0.05, 0.1) is 0 Å². The number of piperidine rings is 1. The molecule has 1 N–H and O–H groups in total.